The number of aliphatic hydroxyl groups excluding tert-OH is 1. The first-order valence-electron chi connectivity index (χ1n) is 4.97. The number of nitrogens with zero attached hydrogens (tertiary/aromatic N) is 1. The quantitative estimate of drug-likeness (QED) is 0.902. The van der Waals surface area contributed by atoms with Crippen molar-refractivity contribution in [1.82, 2.24) is 4.90 Å². The highest BCUT2D eigenvalue weighted by atomic mass is 79.9. The van der Waals surface area contributed by atoms with Crippen LogP contribution in [0, 0.1) is 0 Å². The number of furan rings is 1. The van der Waals surface area contributed by atoms with Crippen LogP contribution < -0.4 is 0 Å². The summed E-state index contributed by atoms with van der Waals surface area (Å²) in [6.07, 6.45) is -0.0582. The van der Waals surface area contributed by atoms with Gasteiger partial charge in [-0.05, 0) is 28.1 Å². The summed E-state index contributed by atoms with van der Waals surface area (Å²) in [6, 6.07) is 3.84. The third-order valence-electron chi connectivity index (χ3n) is 2.43. The van der Waals surface area contributed by atoms with E-state index < -0.39 is 0 Å². The summed E-state index contributed by atoms with van der Waals surface area (Å²) in [7, 11) is 0. The second-order valence-corrected chi connectivity index (χ2v) is 4.40. The molecule has 15 heavy (non-hydrogen) atoms. The molecule has 2 heterocycles. The van der Waals surface area contributed by atoms with Gasteiger partial charge in [0.2, 0.25) is 0 Å². The van der Waals surface area contributed by atoms with Crippen LogP contribution in [0.1, 0.15) is 5.76 Å². The van der Waals surface area contributed by atoms with E-state index in [1.807, 2.05) is 12.1 Å². The molecule has 0 aromatic carbocycles. The Morgan fingerprint density at radius 1 is 1.53 bits per heavy atom. The third kappa shape index (κ3) is 3.04. The van der Waals surface area contributed by atoms with E-state index >= 15 is 0 Å². The Balaban J connectivity index is 1.88. The molecule has 1 unspecified atom stereocenters. The molecule has 4 nitrogen and oxygen atoms in total. The van der Waals surface area contributed by atoms with Gasteiger partial charge in [0.25, 0.3) is 0 Å². The van der Waals surface area contributed by atoms with Crippen molar-refractivity contribution in [3.63, 3.8) is 0 Å². The van der Waals surface area contributed by atoms with Gasteiger partial charge in [-0.2, -0.15) is 0 Å². The molecule has 1 aliphatic rings. The van der Waals surface area contributed by atoms with E-state index in [9.17, 15) is 0 Å². The molecule has 2 rings (SSSR count). The highest BCUT2D eigenvalue weighted by Gasteiger charge is 2.20. The van der Waals surface area contributed by atoms with Crippen LogP contribution in [0.25, 0.3) is 0 Å². The Labute approximate surface area is 96.9 Å². The predicted molar refractivity (Wildman–Crippen MR) is 58.5 cm³/mol. The average molecular weight is 276 g/mol. The Hall–Kier alpha value is -0.360. The van der Waals surface area contributed by atoms with Gasteiger partial charge in [0.1, 0.15) is 5.76 Å². The van der Waals surface area contributed by atoms with E-state index in [4.69, 9.17) is 14.3 Å². The lowest BCUT2D eigenvalue weighted by atomic mass is 10.2. The summed E-state index contributed by atoms with van der Waals surface area (Å²) in [6.45, 7) is 3.17. The molecule has 1 saturated heterocycles. The third-order valence-corrected chi connectivity index (χ3v) is 2.86. The zero-order valence-electron chi connectivity index (χ0n) is 8.36. The van der Waals surface area contributed by atoms with Gasteiger partial charge in [-0.15, -0.1) is 0 Å². The largest absolute Gasteiger partial charge is 0.453 e. The fourth-order valence-corrected chi connectivity index (χ4v) is 2.03. The van der Waals surface area contributed by atoms with Gasteiger partial charge in [-0.1, -0.05) is 0 Å². The second kappa shape index (κ2) is 5.12. The summed E-state index contributed by atoms with van der Waals surface area (Å²) in [5, 5.41) is 9.00. The molecule has 1 aromatic rings. The fourth-order valence-electron chi connectivity index (χ4n) is 1.69. The zero-order chi connectivity index (χ0) is 10.7. The lowest BCUT2D eigenvalue weighted by molar-refractivity contribution is -0.0565. The maximum atomic E-state index is 9.00. The van der Waals surface area contributed by atoms with Crippen LogP contribution in [0.15, 0.2) is 21.2 Å². The number of hydrogen-bond donors (Lipinski definition) is 1. The van der Waals surface area contributed by atoms with Crippen LogP contribution in [-0.2, 0) is 11.3 Å². The van der Waals surface area contributed by atoms with Crippen LogP contribution in [0.2, 0.25) is 0 Å². The van der Waals surface area contributed by atoms with Gasteiger partial charge < -0.3 is 14.3 Å². The molecule has 1 atom stereocenters. The smallest absolute Gasteiger partial charge is 0.169 e. The predicted octanol–water partition coefficient (Wildman–Crippen LogP) is 1.24. The van der Waals surface area contributed by atoms with E-state index in [2.05, 4.69) is 20.8 Å². The topological polar surface area (TPSA) is 45.8 Å². The van der Waals surface area contributed by atoms with Crippen molar-refractivity contribution in [2.75, 3.05) is 26.3 Å². The van der Waals surface area contributed by atoms with Gasteiger partial charge in [0.05, 0.1) is 25.9 Å². The summed E-state index contributed by atoms with van der Waals surface area (Å²) >= 11 is 3.27. The first-order chi connectivity index (χ1) is 7.28. The van der Waals surface area contributed by atoms with E-state index in [0.717, 1.165) is 30.1 Å². The maximum absolute atomic E-state index is 9.00. The van der Waals surface area contributed by atoms with Gasteiger partial charge in [0, 0.05) is 13.1 Å². The lowest BCUT2D eigenvalue weighted by Crippen LogP contribution is -2.43. The van der Waals surface area contributed by atoms with Gasteiger partial charge in [-0.25, -0.2) is 0 Å². The molecule has 0 spiro atoms. The second-order valence-electron chi connectivity index (χ2n) is 3.62. The minimum atomic E-state index is -0.0582. The van der Waals surface area contributed by atoms with Crippen LogP contribution in [0.3, 0.4) is 0 Å². The number of ether oxygens (including phenoxy) is 1. The van der Waals surface area contributed by atoms with Gasteiger partial charge >= 0.3 is 0 Å². The minimum Gasteiger partial charge on any atom is -0.453 e. The summed E-state index contributed by atoms with van der Waals surface area (Å²) in [5.41, 5.74) is 0. The van der Waals surface area contributed by atoms with Gasteiger partial charge in [0.15, 0.2) is 4.67 Å². The van der Waals surface area contributed by atoms with Crippen LogP contribution >= 0.6 is 15.9 Å². The number of morpholine rings is 1. The number of halogens is 1. The molecule has 0 saturated carbocycles. The Morgan fingerprint density at radius 2 is 2.40 bits per heavy atom. The molecule has 0 radical (unpaired) electrons. The molecule has 5 heteroatoms. The summed E-state index contributed by atoms with van der Waals surface area (Å²) < 4.78 is 11.5. The van der Waals surface area contributed by atoms with Crippen molar-refractivity contribution >= 4 is 15.9 Å². The molecule has 1 N–H and O–H groups in total. The average Bonchev–Trinajstić information content (AvgIpc) is 2.64. The van der Waals surface area contributed by atoms with Crippen molar-refractivity contribution in [1.29, 1.82) is 0 Å². The summed E-state index contributed by atoms with van der Waals surface area (Å²) in [5.74, 6) is 0.931. The molecular formula is C10H14BrNO3. The Bertz CT molecular complexity index is 315. The number of rotatable bonds is 3. The standard InChI is InChI=1S/C10H14BrNO3/c11-10-2-1-8(15-10)5-12-3-4-14-9(6-12)7-13/h1-2,9,13H,3-7H2. The Morgan fingerprint density at radius 3 is 3.07 bits per heavy atom. The minimum absolute atomic E-state index is 0.0582. The molecule has 1 aliphatic heterocycles. The SMILES string of the molecule is OCC1CN(Cc2ccc(Br)o2)CCO1. The normalized spacial score (nSPS) is 23.2. The first-order valence-corrected chi connectivity index (χ1v) is 5.76. The van der Waals surface area contributed by atoms with E-state index in [1.54, 1.807) is 0 Å². The first kappa shape index (κ1) is 11.1. The molecule has 0 aliphatic carbocycles. The summed E-state index contributed by atoms with van der Waals surface area (Å²) in [4.78, 5) is 2.22. The fraction of sp³-hybridized carbons (Fsp3) is 0.600. The van der Waals surface area contributed by atoms with Crippen molar-refractivity contribution in [2.45, 2.75) is 12.6 Å². The number of aliphatic hydroxyl groups is 1. The highest BCUT2D eigenvalue weighted by Crippen LogP contribution is 2.17. The van der Waals surface area contributed by atoms with Crippen LogP contribution in [-0.4, -0.2) is 42.4 Å². The van der Waals surface area contributed by atoms with Gasteiger partial charge in [-0.3, -0.25) is 4.90 Å². The van der Waals surface area contributed by atoms with E-state index in [0.29, 0.717) is 6.61 Å². The zero-order valence-corrected chi connectivity index (χ0v) is 9.94. The van der Waals surface area contributed by atoms with Crippen molar-refractivity contribution in [2.24, 2.45) is 0 Å². The van der Waals surface area contributed by atoms with Crippen molar-refractivity contribution in [3.05, 3.63) is 22.6 Å². The lowest BCUT2D eigenvalue weighted by Gasteiger charge is -2.31. The molecular weight excluding hydrogens is 262 g/mol. The maximum Gasteiger partial charge on any atom is 0.169 e. The highest BCUT2D eigenvalue weighted by molar-refractivity contribution is 9.10. The number of hydrogen-bond acceptors (Lipinski definition) is 4. The van der Waals surface area contributed by atoms with Crippen molar-refractivity contribution in [3.8, 4) is 0 Å². The van der Waals surface area contributed by atoms with E-state index in [-0.39, 0.29) is 12.7 Å². The monoisotopic (exact) mass is 275 g/mol. The Kier molecular flexibility index (Phi) is 3.80. The molecule has 1 aromatic heterocycles. The molecule has 0 bridgehead atoms. The van der Waals surface area contributed by atoms with E-state index in [1.165, 1.54) is 0 Å². The molecule has 84 valence electrons. The van der Waals surface area contributed by atoms with Crippen molar-refractivity contribution < 1.29 is 14.3 Å². The van der Waals surface area contributed by atoms with Crippen LogP contribution in [0.4, 0.5) is 0 Å². The molecule has 1 fully saturated rings. The van der Waals surface area contributed by atoms with Crippen LogP contribution in [0.5, 0.6) is 0 Å². The molecule has 0 amide bonds.